The quantitative estimate of drug-likeness (QED) is 0.569. The Morgan fingerprint density at radius 3 is 3.00 bits per heavy atom. The Balaban J connectivity index is 2.32. The molecule has 0 aliphatic heterocycles. The Labute approximate surface area is 92.2 Å². The van der Waals surface area contributed by atoms with Crippen molar-refractivity contribution in [3.63, 3.8) is 0 Å². The van der Waals surface area contributed by atoms with E-state index in [1.807, 2.05) is 12.1 Å². The number of hydrogen-bond donors (Lipinski definition) is 2. The molecule has 0 bridgehead atoms. The maximum absolute atomic E-state index is 10.8. The molecule has 0 saturated heterocycles. The van der Waals surface area contributed by atoms with Crippen LogP contribution in [0, 0.1) is 0 Å². The average molecular weight is 227 g/mol. The van der Waals surface area contributed by atoms with Gasteiger partial charge in [0, 0.05) is 5.02 Å². The normalized spacial score (nSPS) is 18.7. The average Bonchev–Trinajstić information content (AvgIpc) is 2.59. The molecular formula is C10H11ClN2O2. The molecule has 0 aromatic heterocycles. The number of carbonyl (C=O) groups excluding carboxylic acids is 1. The number of nitrogens with zero attached hydrogens (tertiary/aromatic N) is 1. The molecule has 3 N–H and O–H groups in total. The number of aryl methyl sites for hydroxylation is 1. The summed E-state index contributed by atoms with van der Waals surface area (Å²) >= 11 is 5.85. The molecule has 1 aliphatic rings. The molecule has 4 nitrogen and oxygen atoms in total. The molecule has 1 aromatic carbocycles. The molecule has 1 atom stereocenters. The van der Waals surface area contributed by atoms with E-state index in [0.717, 1.165) is 17.5 Å². The van der Waals surface area contributed by atoms with E-state index in [9.17, 15) is 10.0 Å². The van der Waals surface area contributed by atoms with Gasteiger partial charge in [-0.2, -0.15) is 5.06 Å². The van der Waals surface area contributed by atoms with Crippen LogP contribution in [-0.2, 0) is 6.42 Å². The monoisotopic (exact) mass is 226 g/mol. The van der Waals surface area contributed by atoms with Gasteiger partial charge in [0.1, 0.15) is 0 Å². The van der Waals surface area contributed by atoms with Gasteiger partial charge in [-0.15, -0.1) is 0 Å². The molecule has 0 saturated carbocycles. The Morgan fingerprint density at radius 1 is 1.60 bits per heavy atom. The van der Waals surface area contributed by atoms with Gasteiger partial charge in [0.15, 0.2) is 0 Å². The molecule has 0 heterocycles. The van der Waals surface area contributed by atoms with E-state index in [1.165, 1.54) is 0 Å². The highest BCUT2D eigenvalue weighted by Gasteiger charge is 2.29. The van der Waals surface area contributed by atoms with Crippen molar-refractivity contribution in [3.8, 4) is 0 Å². The number of carbonyl (C=O) groups is 1. The lowest BCUT2D eigenvalue weighted by Crippen LogP contribution is -2.35. The van der Waals surface area contributed by atoms with Gasteiger partial charge >= 0.3 is 6.03 Å². The number of hydrogen-bond acceptors (Lipinski definition) is 2. The minimum absolute atomic E-state index is 0.338. The number of urea groups is 1. The van der Waals surface area contributed by atoms with Crippen LogP contribution in [0.2, 0.25) is 5.02 Å². The number of halogens is 1. The Bertz CT molecular complexity index is 408. The van der Waals surface area contributed by atoms with E-state index in [1.54, 1.807) is 6.07 Å². The zero-order chi connectivity index (χ0) is 11.0. The van der Waals surface area contributed by atoms with Crippen LogP contribution >= 0.6 is 11.6 Å². The predicted molar refractivity (Wildman–Crippen MR) is 55.7 cm³/mol. The second-order valence-corrected chi connectivity index (χ2v) is 4.02. The van der Waals surface area contributed by atoms with E-state index in [2.05, 4.69) is 0 Å². The van der Waals surface area contributed by atoms with Crippen LogP contribution in [0.25, 0.3) is 0 Å². The zero-order valence-electron chi connectivity index (χ0n) is 7.98. The van der Waals surface area contributed by atoms with Crippen molar-refractivity contribution >= 4 is 17.6 Å². The molecule has 15 heavy (non-hydrogen) atoms. The van der Waals surface area contributed by atoms with E-state index in [4.69, 9.17) is 17.3 Å². The number of benzene rings is 1. The zero-order valence-corrected chi connectivity index (χ0v) is 8.74. The first-order valence-corrected chi connectivity index (χ1v) is 5.03. The topological polar surface area (TPSA) is 66.6 Å². The summed E-state index contributed by atoms with van der Waals surface area (Å²) in [6, 6.07) is 4.25. The molecular weight excluding hydrogens is 216 g/mol. The maximum Gasteiger partial charge on any atom is 0.339 e. The van der Waals surface area contributed by atoms with Crippen molar-refractivity contribution in [3.05, 3.63) is 34.3 Å². The standard InChI is InChI=1S/C10H11ClN2O2/c11-7-2-3-8-6(5-7)1-4-9(8)13(15)10(12)14/h2-3,5,9,15H,1,4H2,(H2,12,14). The molecule has 0 radical (unpaired) electrons. The third kappa shape index (κ3) is 1.78. The van der Waals surface area contributed by atoms with Gasteiger partial charge < -0.3 is 5.73 Å². The summed E-state index contributed by atoms with van der Waals surface area (Å²) in [7, 11) is 0. The highest BCUT2D eigenvalue weighted by Crippen LogP contribution is 2.35. The number of amides is 2. The van der Waals surface area contributed by atoms with Gasteiger partial charge in [-0.3, -0.25) is 5.21 Å². The smallest absolute Gasteiger partial charge is 0.339 e. The van der Waals surface area contributed by atoms with Gasteiger partial charge in [0.05, 0.1) is 6.04 Å². The van der Waals surface area contributed by atoms with Gasteiger partial charge in [-0.05, 0) is 36.1 Å². The van der Waals surface area contributed by atoms with Gasteiger partial charge in [0.25, 0.3) is 0 Å². The van der Waals surface area contributed by atoms with E-state index in [0.29, 0.717) is 16.5 Å². The van der Waals surface area contributed by atoms with Crippen LogP contribution in [0.1, 0.15) is 23.6 Å². The predicted octanol–water partition coefficient (Wildman–Crippen LogP) is 2.10. The van der Waals surface area contributed by atoms with E-state index >= 15 is 0 Å². The minimum atomic E-state index is -0.831. The Kier molecular flexibility index (Phi) is 2.54. The number of primary amides is 1. The SMILES string of the molecule is NC(=O)N(O)C1CCc2cc(Cl)ccc21. The summed E-state index contributed by atoms with van der Waals surface area (Å²) < 4.78 is 0. The van der Waals surface area contributed by atoms with Gasteiger partial charge in [-0.1, -0.05) is 17.7 Å². The van der Waals surface area contributed by atoms with Gasteiger partial charge in [-0.25, -0.2) is 4.79 Å². The molecule has 5 heteroatoms. The lowest BCUT2D eigenvalue weighted by atomic mass is 10.1. The van der Waals surface area contributed by atoms with Crippen molar-refractivity contribution in [2.24, 2.45) is 5.73 Å². The third-order valence-corrected chi connectivity index (χ3v) is 2.91. The summed E-state index contributed by atoms with van der Waals surface area (Å²) in [4.78, 5) is 10.8. The fourth-order valence-corrected chi connectivity index (χ4v) is 2.17. The van der Waals surface area contributed by atoms with E-state index < -0.39 is 6.03 Å². The summed E-state index contributed by atoms with van der Waals surface area (Å²) in [5, 5.41) is 10.7. The molecule has 0 fully saturated rings. The first-order chi connectivity index (χ1) is 7.09. The second-order valence-electron chi connectivity index (χ2n) is 3.58. The van der Waals surface area contributed by atoms with Crippen molar-refractivity contribution in [2.75, 3.05) is 0 Å². The van der Waals surface area contributed by atoms with Crippen LogP contribution in [0.15, 0.2) is 18.2 Å². The highest BCUT2D eigenvalue weighted by atomic mass is 35.5. The van der Waals surface area contributed by atoms with Crippen LogP contribution in [0.5, 0.6) is 0 Å². The largest absolute Gasteiger partial charge is 0.350 e. The van der Waals surface area contributed by atoms with Crippen molar-refractivity contribution in [1.82, 2.24) is 5.06 Å². The Hall–Kier alpha value is -1.26. The number of nitrogens with two attached hydrogens (primary N) is 1. The van der Waals surface area contributed by atoms with Crippen molar-refractivity contribution in [2.45, 2.75) is 18.9 Å². The highest BCUT2D eigenvalue weighted by molar-refractivity contribution is 6.30. The first kappa shape index (κ1) is 10.3. The number of rotatable bonds is 1. The first-order valence-electron chi connectivity index (χ1n) is 4.65. The molecule has 1 unspecified atom stereocenters. The summed E-state index contributed by atoms with van der Waals surface area (Å²) in [5.74, 6) is 0. The molecule has 1 aromatic rings. The van der Waals surface area contributed by atoms with E-state index in [-0.39, 0.29) is 6.04 Å². The number of fused-ring (bicyclic) bond motifs is 1. The van der Waals surface area contributed by atoms with Crippen LogP contribution < -0.4 is 5.73 Å². The molecule has 0 spiro atoms. The van der Waals surface area contributed by atoms with Crippen LogP contribution in [0.4, 0.5) is 4.79 Å². The lowest BCUT2D eigenvalue weighted by Gasteiger charge is -2.20. The fraction of sp³-hybridized carbons (Fsp3) is 0.300. The summed E-state index contributed by atoms with van der Waals surface area (Å²) in [6.07, 6.45) is 1.47. The lowest BCUT2D eigenvalue weighted by molar-refractivity contribution is -0.0757. The van der Waals surface area contributed by atoms with Crippen molar-refractivity contribution in [1.29, 1.82) is 0 Å². The maximum atomic E-state index is 10.8. The van der Waals surface area contributed by atoms with Crippen molar-refractivity contribution < 1.29 is 10.0 Å². The van der Waals surface area contributed by atoms with Crippen LogP contribution in [-0.4, -0.2) is 16.3 Å². The molecule has 2 amide bonds. The molecule has 2 rings (SSSR count). The van der Waals surface area contributed by atoms with Crippen LogP contribution in [0.3, 0.4) is 0 Å². The third-order valence-electron chi connectivity index (χ3n) is 2.67. The second kappa shape index (κ2) is 3.72. The minimum Gasteiger partial charge on any atom is -0.350 e. The molecule has 1 aliphatic carbocycles. The number of hydroxylamine groups is 2. The van der Waals surface area contributed by atoms with Gasteiger partial charge in [0.2, 0.25) is 0 Å². The summed E-state index contributed by atoms with van der Waals surface area (Å²) in [6.45, 7) is 0. The fourth-order valence-electron chi connectivity index (χ4n) is 1.97. The summed E-state index contributed by atoms with van der Waals surface area (Å²) in [5.41, 5.74) is 6.99. The Morgan fingerprint density at radius 2 is 2.33 bits per heavy atom. The molecule has 80 valence electrons.